The van der Waals surface area contributed by atoms with Gasteiger partial charge in [0.05, 0.1) is 5.02 Å². The van der Waals surface area contributed by atoms with Crippen LogP contribution in [0.1, 0.15) is 18.1 Å². The Morgan fingerprint density at radius 1 is 1.40 bits per heavy atom. The van der Waals surface area contributed by atoms with E-state index in [1.807, 2.05) is 19.9 Å². The van der Waals surface area contributed by atoms with Crippen LogP contribution < -0.4 is 10.5 Å². The van der Waals surface area contributed by atoms with Crippen LogP contribution in [0.4, 0.5) is 4.39 Å². The minimum atomic E-state index is -0.518. The number of hydrogen-bond donors (Lipinski definition) is 1. The van der Waals surface area contributed by atoms with Crippen LogP contribution in [0, 0.1) is 12.7 Å². The number of benzene rings is 1. The molecule has 0 saturated carbocycles. The van der Waals surface area contributed by atoms with Crippen LogP contribution in [0.25, 0.3) is 0 Å². The molecule has 1 aromatic carbocycles. The largest absolute Gasteiger partial charge is 0.439 e. The van der Waals surface area contributed by atoms with Gasteiger partial charge in [-0.25, -0.2) is 9.37 Å². The monoisotopic (exact) mass is 294 g/mol. The SMILES string of the molecule is Cc1cc(CC(C)N)cnc1Oc1ccc(Cl)c(F)c1. The minimum absolute atomic E-state index is 0.0642. The lowest BCUT2D eigenvalue weighted by molar-refractivity contribution is 0.453. The van der Waals surface area contributed by atoms with Crippen molar-refractivity contribution in [1.82, 2.24) is 4.98 Å². The van der Waals surface area contributed by atoms with Crippen molar-refractivity contribution in [2.24, 2.45) is 5.73 Å². The molecular weight excluding hydrogens is 279 g/mol. The Bertz CT molecular complexity index is 617. The van der Waals surface area contributed by atoms with E-state index in [4.69, 9.17) is 22.1 Å². The smallest absolute Gasteiger partial charge is 0.222 e. The van der Waals surface area contributed by atoms with Crippen molar-refractivity contribution in [3.05, 3.63) is 52.4 Å². The van der Waals surface area contributed by atoms with Gasteiger partial charge in [-0.3, -0.25) is 0 Å². The van der Waals surface area contributed by atoms with Gasteiger partial charge in [-0.2, -0.15) is 0 Å². The van der Waals surface area contributed by atoms with Crippen LogP contribution in [0.3, 0.4) is 0 Å². The maximum Gasteiger partial charge on any atom is 0.222 e. The molecule has 1 heterocycles. The standard InChI is InChI=1S/C15H16ClFN2O/c1-9-5-11(6-10(2)18)8-19-15(9)20-12-3-4-13(16)14(17)7-12/h3-5,7-8,10H,6,18H2,1-2H3. The number of pyridine rings is 1. The van der Waals surface area contributed by atoms with E-state index < -0.39 is 5.82 Å². The highest BCUT2D eigenvalue weighted by Crippen LogP contribution is 2.26. The molecule has 0 aliphatic rings. The van der Waals surface area contributed by atoms with Crippen LogP contribution in [-0.4, -0.2) is 11.0 Å². The zero-order valence-electron chi connectivity index (χ0n) is 11.4. The molecule has 2 aromatic rings. The molecule has 0 aliphatic heterocycles. The average molecular weight is 295 g/mol. The molecule has 20 heavy (non-hydrogen) atoms. The molecule has 0 bridgehead atoms. The van der Waals surface area contributed by atoms with Crippen molar-refractivity contribution in [1.29, 1.82) is 0 Å². The van der Waals surface area contributed by atoms with E-state index in [1.54, 1.807) is 12.3 Å². The van der Waals surface area contributed by atoms with Crippen LogP contribution in [0.2, 0.25) is 5.02 Å². The van der Waals surface area contributed by atoms with Crippen molar-refractivity contribution >= 4 is 11.6 Å². The molecule has 1 atom stereocenters. The summed E-state index contributed by atoms with van der Waals surface area (Å²) in [5, 5.41) is 0.0642. The van der Waals surface area contributed by atoms with Gasteiger partial charge >= 0.3 is 0 Å². The molecule has 0 aliphatic carbocycles. The molecule has 1 aromatic heterocycles. The van der Waals surface area contributed by atoms with Crippen molar-refractivity contribution in [2.45, 2.75) is 26.3 Å². The van der Waals surface area contributed by atoms with E-state index in [0.717, 1.165) is 17.5 Å². The number of rotatable bonds is 4. The molecule has 2 rings (SSSR count). The summed E-state index contributed by atoms with van der Waals surface area (Å²) in [6.45, 7) is 3.83. The topological polar surface area (TPSA) is 48.1 Å². The highest BCUT2D eigenvalue weighted by molar-refractivity contribution is 6.30. The first-order valence-electron chi connectivity index (χ1n) is 6.29. The molecule has 0 fully saturated rings. The summed E-state index contributed by atoms with van der Waals surface area (Å²) in [4.78, 5) is 4.25. The van der Waals surface area contributed by atoms with Gasteiger partial charge in [0.2, 0.25) is 5.88 Å². The normalized spacial score (nSPS) is 12.2. The van der Waals surface area contributed by atoms with Gasteiger partial charge in [-0.1, -0.05) is 11.6 Å². The Hall–Kier alpha value is -1.65. The predicted molar refractivity (Wildman–Crippen MR) is 77.8 cm³/mol. The number of aryl methyl sites for hydroxylation is 1. The fourth-order valence-electron chi connectivity index (χ4n) is 1.86. The molecule has 3 nitrogen and oxygen atoms in total. The first-order chi connectivity index (χ1) is 9.45. The molecule has 2 N–H and O–H groups in total. The van der Waals surface area contributed by atoms with Crippen LogP contribution in [0.15, 0.2) is 30.5 Å². The lowest BCUT2D eigenvalue weighted by atomic mass is 10.1. The number of ether oxygens (including phenoxy) is 1. The fraction of sp³-hybridized carbons (Fsp3) is 0.267. The summed E-state index contributed by atoms with van der Waals surface area (Å²) in [5.74, 6) is 0.290. The zero-order chi connectivity index (χ0) is 14.7. The van der Waals surface area contributed by atoms with Gasteiger partial charge in [0.25, 0.3) is 0 Å². The Balaban J connectivity index is 2.19. The molecule has 0 radical (unpaired) electrons. The first kappa shape index (κ1) is 14.8. The summed E-state index contributed by atoms with van der Waals surface area (Å²) in [7, 11) is 0. The third-order valence-electron chi connectivity index (χ3n) is 2.75. The molecule has 106 valence electrons. The van der Waals surface area contributed by atoms with Gasteiger partial charge in [0, 0.05) is 23.9 Å². The van der Waals surface area contributed by atoms with Crippen LogP contribution in [0.5, 0.6) is 11.6 Å². The van der Waals surface area contributed by atoms with Crippen molar-refractivity contribution in [3.63, 3.8) is 0 Å². The Kier molecular flexibility index (Phi) is 4.57. The number of nitrogens with two attached hydrogens (primary N) is 1. The van der Waals surface area contributed by atoms with E-state index in [-0.39, 0.29) is 11.1 Å². The lowest BCUT2D eigenvalue weighted by Gasteiger charge is -2.10. The average Bonchev–Trinajstić information content (AvgIpc) is 2.36. The van der Waals surface area contributed by atoms with Crippen molar-refractivity contribution in [2.75, 3.05) is 0 Å². The van der Waals surface area contributed by atoms with Gasteiger partial charge in [-0.05, 0) is 44.0 Å². The summed E-state index contributed by atoms with van der Waals surface area (Å²) in [6, 6.07) is 6.33. The second-order valence-electron chi connectivity index (χ2n) is 4.83. The van der Waals surface area contributed by atoms with Gasteiger partial charge < -0.3 is 10.5 Å². The van der Waals surface area contributed by atoms with E-state index in [0.29, 0.717) is 11.6 Å². The molecule has 5 heteroatoms. The summed E-state index contributed by atoms with van der Waals surface area (Å²) in [5.41, 5.74) is 7.68. The Morgan fingerprint density at radius 2 is 2.15 bits per heavy atom. The molecule has 0 amide bonds. The van der Waals surface area contributed by atoms with E-state index >= 15 is 0 Å². The highest BCUT2D eigenvalue weighted by atomic mass is 35.5. The molecule has 1 unspecified atom stereocenters. The first-order valence-corrected chi connectivity index (χ1v) is 6.67. The number of nitrogens with zero attached hydrogens (tertiary/aromatic N) is 1. The van der Waals surface area contributed by atoms with E-state index in [2.05, 4.69) is 4.98 Å². The Morgan fingerprint density at radius 3 is 2.75 bits per heavy atom. The van der Waals surface area contributed by atoms with E-state index in [9.17, 15) is 4.39 Å². The van der Waals surface area contributed by atoms with Gasteiger partial charge in [0.1, 0.15) is 11.6 Å². The summed E-state index contributed by atoms with van der Waals surface area (Å²) in [6.07, 6.45) is 2.47. The van der Waals surface area contributed by atoms with E-state index in [1.165, 1.54) is 12.1 Å². The predicted octanol–water partition coefficient (Wildman–Crippen LogP) is 3.86. The summed E-state index contributed by atoms with van der Waals surface area (Å²) >= 11 is 5.63. The fourth-order valence-corrected chi connectivity index (χ4v) is 1.98. The number of halogens is 2. The molecule has 0 spiro atoms. The maximum atomic E-state index is 13.3. The third kappa shape index (κ3) is 3.68. The Labute approximate surface area is 122 Å². The highest BCUT2D eigenvalue weighted by Gasteiger charge is 2.08. The van der Waals surface area contributed by atoms with Crippen molar-refractivity contribution < 1.29 is 9.13 Å². The van der Waals surface area contributed by atoms with Crippen LogP contribution >= 0.6 is 11.6 Å². The van der Waals surface area contributed by atoms with Gasteiger partial charge in [0.15, 0.2) is 0 Å². The molecular formula is C15H16ClFN2O. The van der Waals surface area contributed by atoms with Crippen molar-refractivity contribution in [3.8, 4) is 11.6 Å². The second-order valence-corrected chi connectivity index (χ2v) is 5.23. The summed E-state index contributed by atoms with van der Waals surface area (Å²) < 4.78 is 18.9. The lowest BCUT2D eigenvalue weighted by Crippen LogP contribution is -2.17. The second kappa shape index (κ2) is 6.20. The number of aromatic nitrogens is 1. The zero-order valence-corrected chi connectivity index (χ0v) is 12.1. The molecule has 0 saturated heterocycles. The maximum absolute atomic E-state index is 13.3. The quantitative estimate of drug-likeness (QED) is 0.931. The van der Waals surface area contributed by atoms with Gasteiger partial charge in [-0.15, -0.1) is 0 Å². The third-order valence-corrected chi connectivity index (χ3v) is 3.06. The van der Waals surface area contributed by atoms with Crippen LogP contribution in [-0.2, 0) is 6.42 Å². The number of hydrogen-bond acceptors (Lipinski definition) is 3. The minimum Gasteiger partial charge on any atom is -0.439 e.